The standard InChI is InChI=1S/C32H39ClN6O9S/c1-18(40)38-15-19-13-22(35-26(16-39(47)48)34-21-7-5-20(33)6-8-21)9-10-23(19)28(38)29(42)37-24(30(43)44)11-12-49-17-25(31(45)46)36-27(41)14-32(2,3)4/h5-10,13,16,24-25,28,34-35H,11-12,14-15,17H2,1-4H3,(H,36,41)(H,37,42)(H,43,44)(H,45,46). The zero-order valence-electron chi connectivity index (χ0n) is 27.3. The third-order valence-corrected chi connectivity index (χ3v) is 8.50. The summed E-state index contributed by atoms with van der Waals surface area (Å²) >= 11 is 7.04. The summed E-state index contributed by atoms with van der Waals surface area (Å²) in [5.41, 5.74) is 1.65. The van der Waals surface area contributed by atoms with Crippen LogP contribution in [0.5, 0.6) is 0 Å². The van der Waals surface area contributed by atoms with Gasteiger partial charge in [-0.1, -0.05) is 38.4 Å². The Balaban J connectivity index is 1.69. The maximum absolute atomic E-state index is 13.5. The average molecular weight is 719 g/mol. The molecule has 0 aliphatic carbocycles. The topological polar surface area (TPSA) is 220 Å². The molecule has 17 heteroatoms. The highest BCUT2D eigenvalue weighted by Gasteiger charge is 2.39. The lowest BCUT2D eigenvalue weighted by molar-refractivity contribution is -0.403. The van der Waals surface area contributed by atoms with Gasteiger partial charge >= 0.3 is 11.9 Å². The van der Waals surface area contributed by atoms with Crippen molar-refractivity contribution in [3.8, 4) is 0 Å². The van der Waals surface area contributed by atoms with Crippen LogP contribution >= 0.6 is 23.4 Å². The van der Waals surface area contributed by atoms with E-state index in [1.165, 1.54) is 11.8 Å². The quantitative estimate of drug-likeness (QED) is 0.0823. The molecule has 3 rings (SSSR count). The summed E-state index contributed by atoms with van der Waals surface area (Å²) in [6.45, 7) is 6.86. The van der Waals surface area contributed by atoms with Crippen LogP contribution in [0.15, 0.2) is 54.5 Å². The highest BCUT2D eigenvalue weighted by atomic mass is 35.5. The van der Waals surface area contributed by atoms with Gasteiger partial charge in [0.2, 0.25) is 17.7 Å². The Morgan fingerprint density at radius 3 is 2.20 bits per heavy atom. The molecule has 0 aromatic heterocycles. The maximum atomic E-state index is 13.5. The minimum atomic E-state index is -1.34. The van der Waals surface area contributed by atoms with Crippen molar-refractivity contribution in [1.29, 1.82) is 0 Å². The number of thioether (sulfide) groups is 1. The molecule has 0 fully saturated rings. The normalized spacial score (nSPS) is 15.4. The molecular formula is C32H39ClN6O9S. The SMILES string of the molecule is CC(=O)N1Cc2cc(NC(=C[N+](=O)[O-])Nc3ccc(Cl)cc3)ccc2C1C(=O)NC(CCSCC(NC(=O)CC(C)(C)C)C(=O)O)C(=O)O. The van der Waals surface area contributed by atoms with Gasteiger partial charge in [0.25, 0.3) is 6.20 Å². The molecule has 264 valence electrons. The number of carbonyl (C=O) groups excluding carboxylic acids is 3. The van der Waals surface area contributed by atoms with Crippen molar-refractivity contribution in [1.82, 2.24) is 15.5 Å². The molecular weight excluding hydrogens is 680 g/mol. The first kappa shape index (κ1) is 38.6. The minimum Gasteiger partial charge on any atom is -0.480 e. The van der Waals surface area contributed by atoms with Crippen LogP contribution < -0.4 is 21.3 Å². The van der Waals surface area contributed by atoms with Crippen LogP contribution in [0, 0.1) is 15.5 Å². The number of fused-ring (bicyclic) bond motifs is 1. The summed E-state index contributed by atoms with van der Waals surface area (Å²) in [4.78, 5) is 74.0. The van der Waals surface area contributed by atoms with Gasteiger partial charge in [0.1, 0.15) is 18.1 Å². The van der Waals surface area contributed by atoms with Gasteiger partial charge in [-0.25, -0.2) is 9.59 Å². The fourth-order valence-corrected chi connectivity index (χ4v) is 6.12. The summed E-state index contributed by atoms with van der Waals surface area (Å²) in [5.74, 6) is -3.91. The number of hydrogen-bond donors (Lipinski definition) is 6. The summed E-state index contributed by atoms with van der Waals surface area (Å²) < 4.78 is 0. The number of hydrogen-bond acceptors (Lipinski definition) is 10. The molecule has 0 saturated carbocycles. The van der Waals surface area contributed by atoms with Crippen molar-refractivity contribution in [2.24, 2.45) is 5.41 Å². The zero-order chi connectivity index (χ0) is 36.5. The number of anilines is 2. The number of nitro groups is 1. The van der Waals surface area contributed by atoms with Crippen molar-refractivity contribution in [3.63, 3.8) is 0 Å². The number of carboxylic acids is 2. The highest BCUT2D eigenvalue weighted by Crippen LogP contribution is 2.36. The van der Waals surface area contributed by atoms with Crippen LogP contribution in [0.2, 0.25) is 5.02 Å². The van der Waals surface area contributed by atoms with Crippen LogP contribution in [0.4, 0.5) is 11.4 Å². The first-order chi connectivity index (χ1) is 22.9. The van der Waals surface area contributed by atoms with Crippen molar-refractivity contribution < 1.29 is 39.1 Å². The fourth-order valence-electron chi connectivity index (χ4n) is 4.96. The Morgan fingerprint density at radius 1 is 1.02 bits per heavy atom. The van der Waals surface area contributed by atoms with E-state index < -0.39 is 52.7 Å². The van der Waals surface area contributed by atoms with Crippen molar-refractivity contribution in [2.45, 2.75) is 65.2 Å². The largest absolute Gasteiger partial charge is 0.480 e. The molecule has 3 unspecified atom stereocenters. The van der Waals surface area contributed by atoms with Crippen molar-refractivity contribution >= 4 is 64.4 Å². The second-order valence-corrected chi connectivity index (χ2v) is 14.1. The van der Waals surface area contributed by atoms with Crippen molar-refractivity contribution in [2.75, 3.05) is 22.1 Å². The maximum Gasteiger partial charge on any atom is 0.327 e. The van der Waals surface area contributed by atoms with E-state index in [2.05, 4.69) is 21.3 Å². The lowest BCUT2D eigenvalue weighted by atomic mass is 9.92. The second-order valence-electron chi connectivity index (χ2n) is 12.5. The van der Waals surface area contributed by atoms with Crippen LogP contribution in [0.1, 0.15) is 57.7 Å². The molecule has 0 radical (unpaired) electrons. The Labute approximate surface area is 292 Å². The number of carbonyl (C=O) groups is 5. The van der Waals surface area contributed by atoms with Crippen LogP contribution in [-0.2, 0) is 30.5 Å². The second kappa shape index (κ2) is 17.0. The smallest absolute Gasteiger partial charge is 0.327 e. The number of amides is 3. The fraction of sp³-hybridized carbons (Fsp3) is 0.406. The van der Waals surface area contributed by atoms with Gasteiger partial charge < -0.3 is 36.4 Å². The first-order valence-corrected chi connectivity index (χ1v) is 16.6. The number of nitrogens with zero attached hydrogens (tertiary/aromatic N) is 2. The van der Waals surface area contributed by atoms with Gasteiger partial charge in [0.05, 0.1) is 4.92 Å². The molecule has 1 aliphatic heterocycles. The van der Waals surface area contributed by atoms with Gasteiger partial charge in [0.15, 0.2) is 5.82 Å². The van der Waals surface area contributed by atoms with E-state index in [0.29, 0.717) is 27.5 Å². The molecule has 3 amide bonds. The number of nitrogens with one attached hydrogen (secondary N) is 4. The number of rotatable bonds is 16. The van der Waals surface area contributed by atoms with E-state index in [9.17, 15) is 44.3 Å². The predicted octanol–water partition coefficient (Wildman–Crippen LogP) is 4.04. The van der Waals surface area contributed by atoms with E-state index in [4.69, 9.17) is 11.6 Å². The third kappa shape index (κ3) is 12.0. The Morgan fingerprint density at radius 2 is 1.63 bits per heavy atom. The van der Waals surface area contributed by atoms with Gasteiger partial charge in [-0.05, 0) is 65.1 Å². The lowest BCUT2D eigenvalue weighted by Gasteiger charge is -2.25. The zero-order valence-corrected chi connectivity index (χ0v) is 28.9. The molecule has 2 aromatic carbocycles. The van der Waals surface area contributed by atoms with E-state index >= 15 is 0 Å². The van der Waals surface area contributed by atoms with Crippen LogP contribution in [0.25, 0.3) is 0 Å². The van der Waals surface area contributed by atoms with Crippen LogP contribution in [0.3, 0.4) is 0 Å². The average Bonchev–Trinajstić information content (AvgIpc) is 3.37. The molecule has 0 spiro atoms. The Bertz CT molecular complexity index is 1610. The molecule has 0 bridgehead atoms. The summed E-state index contributed by atoms with van der Waals surface area (Å²) in [7, 11) is 0. The lowest BCUT2D eigenvalue weighted by Crippen LogP contribution is -2.47. The molecule has 49 heavy (non-hydrogen) atoms. The van der Waals surface area contributed by atoms with Crippen molar-refractivity contribution in [3.05, 3.63) is 80.7 Å². The summed E-state index contributed by atoms with van der Waals surface area (Å²) in [5, 5.41) is 41.9. The van der Waals surface area contributed by atoms with E-state index in [1.807, 2.05) is 20.8 Å². The summed E-state index contributed by atoms with van der Waals surface area (Å²) in [6, 6.07) is 7.66. The number of halogens is 1. The van der Waals surface area contributed by atoms with Gasteiger partial charge in [-0.3, -0.25) is 24.5 Å². The van der Waals surface area contributed by atoms with E-state index in [1.54, 1.807) is 42.5 Å². The molecule has 1 heterocycles. The van der Waals surface area contributed by atoms with Crippen LogP contribution in [-0.4, -0.2) is 73.3 Å². The molecule has 1 aliphatic rings. The van der Waals surface area contributed by atoms with E-state index in [-0.39, 0.29) is 42.1 Å². The van der Waals surface area contributed by atoms with Gasteiger partial charge in [-0.15, -0.1) is 0 Å². The Kier molecular flexibility index (Phi) is 13.4. The predicted molar refractivity (Wildman–Crippen MR) is 184 cm³/mol. The Hall–Kier alpha value is -4.83. The minimum absolute atomic E-state index is 0.0101. The highest BCUT2D eigenvalue weighted by molar-refractivity contribution is 7.99. The number of benzene rings is 2. The van der Waals surface area contributed by atoms with Gasteiger partial charge in [-0.2, -0.15) is 11.8 Å². The molecule has 3 atom stereocenters. The molecule has 2 aromatic rings. The number of carboxylic acid groups (broad SMARTS) is 2. The molecule has 6 N–H and O–H groups in total. The molecule has 0 saturated heterocycles. The van der Waals surface area contributed by atoms with Gasteiger partial charge in [0, 0.05) is 42.0 Å². The third-order valence-electron chi connectivity index (χ3n) is 7.15. The monoisotopic (exact) mass is 718 g/mol. The summed E-state index contributed by atoms with van der Waals surface area (Å²) in [6.07, 6.45) is 0.827. The molecule has 15 nitrogen and oxygen atoms in total. The first-order valence-electron chi connectivity index (χ1n) is 15.1. The van der Waals surface area contributed by atoms with E-state index in [0.717, 1.165) is 18.0 Å². The number of aliphatic carboxylic acids is 2.